The molecule has 5 nitrogen and oxygen atoms in total. The monoisotopic (exact) mass is 849 g/mol. The predicted octanol–water partition coefficient (Wildman–Crippen LogP) is 17.5. The smallest absolute Gasteiger partial charge is 0.159 e. The van der Waals surface area contributed by atoms with Gasteiger partial charge in [-0.2, -0.15) is 5.26 Å². The van der Waals surface area contributed by atoms with Gasteiger partial charge in [-0.05, 0) is 113 Å². The van der Waals surface area contributed by atoms with Gasteiger partial charge in [-0.15, -0.1) is 11.3 Å². The van der Waals surface area contributed by atoms with E-state index in [1.807, 2.05) is 72.0 Å². The van der Waals surface area contributed by atoms with Crippen molar-refractivity contribution in [2.45, 2.75) is 0 Å². The molecule has 0 bridgehead atoms. The van der Waals surface area contributed by atoms with E-state index < -0.39 is 0 Å². The Bertz CT molecular complexity index is 4050. The van der Waals surface area contributed by atoms with Gasteiger partial charge in [0.15, 0.2) is 5.58 Å². The molecular weight excluding hydrogens is 815 g/mol. The summed E-state index contributed by atoms with van der Waals surface area (Å²) in [5.41, 5.74) is 11.6. The SMILES string of the molecule is N#Cc1cccc(N(c2ccccc2)c2cc(N(c3ccccc3)c3ccc4c(c3)oc3ccccc34)c3oc4ccc(-c5c6ccccc6cc6c5sc5ccccc56)cc4c3c2)c1. The van der Waals surface area contributed by atoms with Gasteiger partial charge >= 0.3 is 0 Å². The zero-order valence-corrected chi connectivity index (χ0v) is 35.6. The average molecular weight is 850 g/mol. The molecule has 0 unspecified atom stereocenters. The molecule has 3 aromatic heterocycles. The van der Waals surface area contributed by atoms with Crippen molar-refractivity contribution < 1.29 is 8.83 Å². The van der Waals surface area contributed by atoms with Crippen LogP contribution in [0.25, 0.3) is 85.9 Å². The maximum atomic E-state index is 10.1. The summed E-state index contributed by atoms with van der Waals surface area (Å²) in [5.74, 6) is 0. The normalized spacial score (nSPS) is 11.7. The van der Waals surface area contributed by atoms with Crippen molar-refractivity contribution in [2.75, 3.05) is 9.80 Å². The van der Waals surface area contributed by atoms with Gasteiger partial charge in [-0.3, -0.25) is 0 Å². The third kappa shape index (κ3) is 5.98. The molecule has 0 aliphatic heterocycles. The second-order valence-corrected chi connectivity index (χ2v) is 17.4. The second kappa shape index (κ2) is 14.7. The number of nitrogens with zero attached hydrogens (tertiary/aromatic N) is 3. The molecule has 13 aromatic rings. The van der Waals surface area contributed by atoms with E-state index in [9.17, 15) is 5.26 Å². The molecule has 0 fully saturated rings. The van der Waals surface area contributed by atoms with Gasteiger partial charge < -0.3 is 18.6 Å². The molecule has 0 saturated heterocycles. The van der Waals surface area contributed by atoms with Crippen molar-refractivity contribution in [2.24, 2.45) is 0 Å². The van der Waals surface area contributed by atoms with Crippen molar-refractivity contribution >= 4 is 120 Å². The Labute approximate surface area is 377 Å². The molecule has 0 spiro atoms. The molecule has 0 aliphatic rings. The van der Waals surface area contributed by atoms with Crippen molar-refractivity contribution in [1.82, 2.24) is 0 Å². The predicted molar refractivity (Wildman–Crippen MR) is 271 cm³/mol. The number of hydrogen-bond acceptors (Lipinski definition) is 6. The highest BCUT2D eigenvalue weighted by atomic mass is 32.1. The standard InChI is InChI=1S/C59H35N3O2S/c60-36-37-14-13-20-42(30-37)61(40-16-3-1-4-17-40)44-33-50-49-32-39(57-45-21-8-7-15-38(45)31-51-48-23-10-12-25-56(48)65-59(51)57)26-29-54(49)64-58(50)52(34-44)62(41-18-5-2-6-19-41)43-27-28-47-46-22-9-11-24-53(46)63-55(47)35-43/h1-35H. The van der Waals surface area contributed by atoms with Crippen LogP contribution in [0, 0.1) is 11.3 Å². The zero-order chi connectivity index (χ0) is 43.0. The van der Waals surface area contributed by atoms with Gasteiger partial charge in [0.25, 0.3) is 0 Å². The number of rotatable bonds is 7. The maximum absolute atomic E-state index is 10.1. The first-order valence-corrected chi connectivity index (χ1v) is 22.4. The number of para-hydroxylation sites is 3. The lowest BCUT2D eigenvalue weighted by Gasteiger charge is -2.29. The lowest BCUT2D eigenvalue weighted by Crippen LogP contribution is -2.13. The van der Waals surface area contributed by atoms with Crippen LogP contribution in [0.5, 0.6) is 0 Å². The largest absolute Gasteiger partial charge is 0.456 e. The molecular formula is C59H35N3O2S. The van der Waals surface area contributed by atoms with Crippen LogP contribution in [-0.4, -0.2) is 0 Å². The van der Waals surface area contributed by atoms with Crippen LogP contribution in [0.1, 0.15) is 5.56 Å². The van der Waals surface area contributed by atoms with Crippen molar-refractivity contribution in [1.29, 1.82) is 5.26 Å². The summed E-state index contributed by atoms with van der Waals surface area (Å²) in [5, 5.41) is 19.2. The molecule has 304 valence electrons. The summed E-state index contributed by atoms with van der Waals surface area (Å²) < 4.78 is 16.2. The zero-order valence-electron chi connectivity index (χ0n) is 34.8. The van der Waals surface area contributed by atoms with Crippen molar-refractivity contribution in [3.63, 3.8) is 0 Å². The second-order valence-electron chi connectivity index (χ2n) is 16.4. The maximum Gasteiger partial charge on any atom is 0.159 e. The fourth-order valence-corrected chi connectivity index (χ4v) is 11.0. The van der Waals surface area contributed by atoms with Crippen LogP contribution in [0.4, 0.5) is 34.1 Å². The molecule has 3 heterocycles. The number of nitriles is 1. The quantitative estimate of drug-likeness (QED) is 0.160. The first-order valence-electron chi connectivity index (χ1n) is 21.6. The lowest BCUT2D eigenvalue weighted by atomic mass is 9.94. The molecule has 13 rings (SSSR count). The molecule has 0 saturated carbocycles. The van der Waals surface area contributed by atoms with Gasteiger partial charge in [-0.1, -0.05) is 109 Å². The lowest BCUT2D eigenvalue weighted by molar-refractivity contribution is 0.667. The minimum Gasteiger partial charge on any atom is -0.456 e. The molecule has 10 aromatic carbocycles. The molecule has 0 atom stereocenters. The van der Waals surface area contributed by atoms with E-state index in [0.29, 0.717) is 5.56 Å². The van der Waals surface area contributed by atoms with E-state index >= 15 is 0 Å². The third-order valence-electron chi connectivity index (χ3n) is 12.6. The molecule has 0 N–H and O–H groups in total. The molecule has 0 radical (unpaired) electrons. The van der Waals surface area contributed by atoms with Crippen LogP contribution in [0.2, 0.25) is 0 Å². The first kappa shape index (κ1) is 37.0. The highest BCUT2D eigenvalue weighted by Gasteiger charge is 2.25. The Morgan fingerprint density at radius 3 is 1.91 bits per heavy atom. The van der Waals surface area contributed by atoms with Gasteiger partial charge in [-0.25, -0.2) is 0 Å². The third-order valence-corrected chi connectivity index (χ3v) is 13.8. The van der Waals surface area contributed by atoms with Crippen LogP contribution < -0.4 is 9.80 Å². The van der Waals surface area contributed by atoms with E-state index in [4.69, 9.17) is 8.83 Å². The fraction of sp³-hybridized carbons (Fsp3) is 0. The minimum absolute atomic E-state index is 0.579. The van der Waals surface area contributed by atoms with Gasteiger partial charge in [0, 0.05) is 76.1 Å². The van der Waals surface area contributed by atoms with E-state index in [2.05, 4.69) is 168 Å². The van der Waals surface area contributed by atoms with Gasteiger partial charge in [0.05, 0.1) is 23.0 Å². The van der Waals surface area contributed by atoms with Crippen molar-refractivity contribution in [3.05, 3.63) is 218 Å². The summed E-state index contributed by atoms with van der Waals surface area (Å²) in [6, 6.07) is 76.4. The Kier molecular flexibility index (Phi) is 8.39. The summed E-state index contributed by atoms with van der Waals surface area (Å²) in [4.78, 5) is 4.49. The summed E-state index contributed by atoms with van der Waals surface area (Å²) in [7, 11) is 0. The Balaban J connectivity index is 1.12. The number of anilines is 6. The van der Waals surface area contributed by atoms with E-state index in [-0.39, 0.29) is 0 Å². The summed E-state index contributed by atoms with van der Waals surface area (Å²) in [6.45, 7) is 0. The Hall–Kier alpha value is -8.63. The highest BCUT2D eigenvalue weighted by molar-refractivity contribution is 7.26. The van der Waals surface area contributed by atoms with Crippen LogP contribution in [-0.2, 0) is 0 Å². The topological polar surface area (TPSA) is 56.6 Å². The average Bonchev–Trinajstić information content (AvgIpc) is 4.05. The summed E-state index contributed by atoms with van der Waals surface area (Å²) in [6.07, 6.45) is 0. The number of thiophene rings is 1. The van der Waals surface area contributed by atoms with Crippen LogP contribution in [0.3, 0.4) is 0 Å². The van der Waals surface area contributed by atoms with Crippen LogP contribution >= 0.6 is 11.3 Å². The number of fused-ring (bicyclic) bond motifs is 10. The molecule has 65 heavy (non-hydrogen) atoms. The van der Waals surface area contributed by atoms with Crippen molar-refractivity contribution in [3.8, 4) is 17.2 Å². The molecule has 6 heteroatoms. The van der Waals surface area contributed by atoms with Crippen LogP contribution in [0.15, 0.2) is 221 Å². The number of hydrogen-bond donors (Lipinski definition) is 0. The first-order chi connectivity index (χ1) is 32.2. The molecule has 0 amide bonds. The number of furan rings is 2. The minimum atomic E-state index is 0.579. The van der Waals surface area contributed by atoms with Gasteiger partial charge in [0.1, 0.15) is 16.7 Å². The van der Waals surface area contributed by atoms with E-state index in [0.717, 1.165) is 83.6 Å². The molecule has 0 aliphatic carbocycles. The fourth-order valence-electron chi connectivity index (χ4n) is 9.70. The Morgan fingerprint density at radius 2 is 1.08 bits per heavy atom. The number of benzene rings is 10. The summed E-state index contributed by atoms with van der Waals surface area (Å²) >= 11 is 1.85. The van der Waals surface area contributed by atoms with E-state index in [1.54, 1.807) is 0 Å². The highest BCUT2D eigenvalue weighted by Crippen LogP contribution is 2.50. The Morgan fingerprint density at radius 1 is 0.400 bits per heavy atom. The van der Waals surface area contributed by atoms with E-state index in [1.165, 1.54) is 36.5 Å². The van der Waals surface area contributed by atoms with Gasteiger partial charge in [0.2, 0.25) is 0 Å².